The zero-order valence-electron chi connectivity index (χ0n) is 15.6. The third kappa shape index (κ3) is 3.83. The lowest BCUT2D eigenvalue weighted by molar-refractivity contribution is 0.312. The second-order valence-electron chi connectivity index (χ2n) is 7.13. The Hall–Kier alpha value is -2.04. The summed E-state index contributed by atoms with van der Waals surface area (Å²) in [6, 6.07) is 5.30. The smallest absolute Gasteiger partial charge is 0.201 e. The largest absolute Gasteiger partial charge is 0.491 e. The molecule has 0 aliphatic heterocycles. The number of hydrogen-bond donors (Lipinski definition) is 0. The van der Waals surface area contributed by atoms with Crippen LogP contribution in [-0.2, 0) is 0 Å². The minimum Gasteiger partial charge on any atom is -0.491 e. The van der Waals surface area contributed by atoms with Crippen LogP contribution in [0.4, 0.5) is 17.6 Å². The highest BCUT2D eigenvalue weighted by atomic mass is 19.2. The highest BCUT2D eigenvalue weighted by molar-refractivity contribution is 5.66. The fourth-order valence-corrected chi connectivity index (χ4v) is 3.98. The number of ether oxygens (including phenoxy) is 1. The standard InChI is InChI=1S/C22H24F4O/c1-3-13-5-7-14(8-6-13)15-9-10-16(20(24)19(15)23)17-11-12-18(27-4-2)22(26)21(17)25/h9-14H,3-8H2,1-2H3. The topological polar surface area (TPSA) is 9.23 Å². The van der Waals surface area contributed by atoms with E-state index in [1.54, 1.807) is 6.92 Å². The first-order chi connectivity index (χ1) is 13.0. The van der Waals surface area contributed by atoms with Gasteiger partial charge < -0.3 is 4.74 Å². The fourth-order valence-electron chi connectivity index (χ4n) is 3.98. The van der Waals surface area contributed by atoms with Gasteiger partial charge in [0.2, 0.25) is 5.82 Å². The maximum absolute atomic E-state index is 14.7. The Balaban J connectivity index is 1.93. The summed E-state index contributed by atoms with van der Waals surface area (Å²) in [5.74, 6) is -4.16. The monoisotopic (exact) mass is 380 g/mol. The molecule has 0 radical (unpaired) electrons. The van der Waals surface area contributed by atoms with Gasteiger partial charge >= 0.3 is 0 Å². The Morgan fingerprint density at radius 3 is 1.96 bits per heavy atom. The van der Waals surface area contributed by atoms with Gasteiger partial charge in [0.15, 0.2) is 23.2 Å². The lowest BCUT2D eigenvalue weighted by atomic mass is 9.77. The summed E-state index contributed by atoms with van der Waals surface area (Å²) >= 11 is 0. The maximum Gasteiger partial charge on any atom is 0.201 e. The summed E-state index contributed by atoms with van der Waals surface area (Å²) < 4.78 is 62.9. The zero-order valence-corrected chi connectivity index (χ0v) is 15.6. The van der Waals surface area contributed by atoms with Crippen molar-refractivity contribution in [3.05, 3.63) is 53.1 Å². The van der Waals surface area contributed by atoms with E-state index in [-0.39, 0.29) is 29.4 Å². The highest BCUT2D eigenvalue weighted by Gasteiger charge is 2.27. The summed E-state index contributed by atoms with van der Waals surface area (Å²) in [4.78, 5) is 0. The molecule has 1 aliphatic rings. The van der Waals surface area contributed by atoms with E-state index < -0.39 is 23.3 Å². The number of halogens is 4. The summed E-state index contributed by atoms with van der Waals surface area (Å²) in [5, 5.41) is 0. The minimum absolute atomic E-state index is 0.0294. The Kier molecular flexibility index (Phi) is 6.08. The molecule has 2 aromatic carbocycles. The summed E-state index contributed by atoms with van der Waals surface area (Å²) in [5.41, 5.74) is -0.260. The van der Waals surface area contributed by atoms with Gasteiger partial charge in [0.25, 0.3) is 0 Å². The average Bonchev–Trinajstić information content (AvgIpc) is 2.68. The fraction of sp³-hybridized carbons (Fsp3) is 0.455. The third-order valence-electron chi connectivity index (χ3n) is 5.61. The zero-order chi connectivity index (χ0) is 19.6. The van der Waals surface area contributed by atoms with E-state index in [9.17, 15) is 17.6 Å². The molecule has 0 amide bonds. The first-order valence-electron chi connectivity index (χ1n) is 9.56. The van der Waals surface area contributed by atoms with E-state index in [4.69, 9.17) is 4.74 Å². The predicted octanol–water partition coefficient (Wildman–Crippen LogP) is 6.99. The number of benzene rings is 2. The van der Waals surface area contributed by atoms with Crippen LogP contribution in [0.25, 0.3) is 11.1 Å². The van der Waals surface area contributed by atoms with E-state index in [2.05, 4.69) is 6.92 Å². The van der Waals surface area contributed by atoms with Crippen molar-refractivity contribution in [1.82, 2.24) is 0 Å². The van der Waals surface area contributed by atoms with Gasteiger partial charge in [-0.1, -0.05) is 25.5 Å². The van der Waals surface area contributed by atoms with E-state index in [1.165, 1.54) is 24.3 Å². The van der Waals surface area contributed by atoms with Gasteiger partial charge in [-0.15, -0.1) is 0 Å². The quantitative estimate of drug-likeness (QED) is 0.508. The van der Waals surface area contributed by atoms with Gasteiger partial charge in [0.05, 0.1) is 6.61 Å². The maximum atomic E-state index is 14.7. The molecule has 27 heavy (non-hydrogen) atoms. The Labute approximate surface area is 157 Å². The lowest BCUT2D eigenvalue weighted by Crippen LogP contribution is -2.14. The number of hydrogen-bond acceptors (Lipinski definition) is 1. The van der Waals surface area contributed by atoms with Crippen LogP contribution < -0.4 is 4.74 Å². The Morgan fingerprint density at radius 2 is 1.37 bits per heavy atom. The molecule has 3 rings (SSSR count). The normalized spacial score (nSPS) is 19.9. The van der Waals surface area contributed by atoms with Crippen LogP contribution in [0, 0.1) is 29.2 Å². The van der Waals surface area contributed by atoms with Crippen LogP contribution in [0.3, 0.4) is 0 Å². The summed E-state index contributed by atoms with van der Waals surface area (Å²) in [7, 11) is 0. The van der Waals surface area contributed by atoms with E-state index in [0.717, 1.165) is 32.1 Å². The molecule has 0 spiro atoms. The summed E-state index contributed by atoms with van der Waals surface area (Å²) in [6.45, 7) is 3.96. The minimum atomic E-state index is -1.24. The lowest BCUT2D eigenvalue weighted by Gasteiger charge is -2.28. The molecule has 146 valence electrons. The highest BCUT2D eigenvalue weighted by Crippen LogP contribution is 2.40. The van der Waals surface area contributed by atoms with Crippen LogP contribution in [0.5, 0.6) is 5.75 Å². The van der Waals surface area contributed by atoms with Gasteiger partial charge in [-0.25, -0.2) is 13.2 Å². The van der Waals surface area contributed by atoms with Gasteiger partial charge in [0, 0.05) is 11.1 Å². The van der Waals surface area contributed by atoms with Crippen molar-refractivity contribution in [3.63, 3.8) is 0 Å². The molecule has 0 atom stereocenters. The Morgan fingerprint density at radius 1 is 0.778 bits per heavy atom. The second-order valence-corrected chi connectivity index (χ2v) is 7.13. The van der Waals surface area contributed by atoms with Crippen LogP contribution >= 0.6 is 0 Å². The first-order valence-corrected chi connectivity index (χ1v) is 9.56. The molecule has 0 bridgehead atoms. The van der Waals surface area contributed by atoms with Crippen molar-refractivity contribution in [3.8, 4) is 16.9 Å². The van der Waals surface area contributed by atoms with Crippen molar-refractivity contribution < 1.29 is 22.3 Å². The van der Waals surface area contributed by atoms with Crippen molar-refractivity contribution in [2.45, 2.75) is 51.9 Å². The molecular formula is C22H24F4O. The van der Waals surface area contributed by atoms with Gasteiger partial charge in [-0.05, 0) is 62.1 Å². The predicted molar refractivity (Wildman–Crippen MR) is 97.9 cm³/mol. The molecular weight excluding hydrogens is 356 g/mol. The van der Waals surface area contributed by atoms with Gasteiger partial charge in [-0.2, -0.15) is 4.39 Å². The van der Waals surface area contributed by atoms with Crippen molar-refractivity contribution in [2.24, 2.45) is 5.92 Å². The van der Waals surface area contributed by atoms with Gasteiger partial charge in [-0.3, -0.25) is 0 Å². The van der Waals surface area contributed by atoms with E-state index >= 15 is 0 Å². The molecule has 0 unspecified atom stereocenters. The van der Waals surface area contributed by atoms with Crippen LogP contribution in [0.1, 0.15) is 57.4 Å². The van der Waals surface area contributed by atoms with Crippen LogP contribution in [0.15, 0.2) is 24.3 Å². The summed E-state index contributed by atoms with van der Waals surface area (Å²) in [6.07, 6.45) is 4.75. The SMILES string of the molecule is CCOc1ccc(-c2ccc(C3CCC(CC)CC3)c(F)c2F)c(F)c1F. The van der Waals surface area contributed by atoms with E-state index in [0.29, 0.717) is 11.5 Å². The third-order valence-corrected chi connectivity index (χ3v) is 5.61. The molecule has 1 saturated carbocycles. The molecule has 1 fully saturated rings. The van der Waals surface area contributed by atoms with Crippen LogP contribution in [0.2, 0.25) is 0 Å². The molecule has 1 aliphatic carbocycles. The second kappa shape index (κ2) is 8.32. The molecule has 0 N–H and O–H groups in total. The molecule has 2 aromatic rings. The average molecular weight is 380 g/mol. The van der Waals surface area contributed by atoms with Crippen molar-refractivity contribution in [1.29, 1.82) is 0 Å². The molecule has 0 saturated heterocycles. The molecule has 0 heterocycles. The molecule has 0 aromatic heterocycles. The first kappa shape index (κ1) is 19.7. The van der Waals surface area contributed by atoms with Crippen molar-refractivity contribution in [2.75, 3.05) is 6.61 Å². The van der Waals surface area contributed by atoms with E-state index in [1.807, 2.05) is 0 Å². The van der Waals surface area contributed by atoms with Crippen LogP contribution in [-0.4, -0.2) is 6.61 Å². The molecule has 1 nitrogen and oxygen atoms in total. The van der Waals surface area contributed by atoms with Gasteiger partial charge in [0.1, 0.15) is 0 Å². The Bertz CT molecular complexity index is 810. The molecule has 5 heteroatoms. The van der Waals surface area contributed by atoms with Crippen molar-refractivity contribution >= 4 is 0 Å². The number of rotatable bonds is 5.